The average molecular weight is 385 g/mol. The van der Waals surface area contributed by atoms with Gasteiger partial charge in [-0.15, -0.1) is 0 Å². The maximum absolute atomic E-state index is 14.5. The van der Waals surface area contributed by atoms with Crippen molar-refractivity contribution in [1.29, 1.82) is 0 Å². The van der Waals surface area contributed by atoms with E-state index in [4.69, 9.17) is 28.3 Å². The second-order valence-corrected chi connectivity index (χ2v) is 6.99. The minimum atomic E-state index is -0.232. The molecule has 0 saturated heterocycles. The number of rotatable bonds is 3. The predicted molar refractivity (Wildman–Crippen MR) is 106 cm³/mol. The van der Waals surface area contributed by atoms with E-state index in [1.54, 1.807) is 6.07 Å². The third-order valence-corrected chi connectivity index (χ3v) is 4.95. The highest BCUT2D eigenvalue weighted by Crippen LogP contribution is 2.38. The molecule has 0 radical (unpaired) electrons. The van der Waals surface area contributed by atoms with E-state index in [9.17, 15) is 4.39 Å². The van der Waals surface area contributed by atoms with Crippen LogP contribution < -0.4 is 5.01 Å². The van der Waals surface area contributed by atoms with Gasteiger partial charge >= 0.3 is 0 Å². The number of anilines is 1. The maximum atomic E-state index is 14.5. The molecule has 5 heteroatoms. The van der Waals surface area contributed by atoms with Gasteiger partial charge in [-0.3, -0.25) is 5.01 Å². The molecule has 3 aromatic rings. The zero-order valence-electron chi connectivity index (χ0n) is 13.7. The summed E-state index contributed by atoms with van der Waals surface area (Å²) in [5.74, 6) is -0.232. The molecule has 3 aromatic carbocycles. The van der Waals surface area contributed by atoms with Crippen LogP contribution in [-0.4, -0.2) is 5.71 Å². The van der Waals surface area contributed by atoms with Crippen LogP contribution in [0.2, 0.25) is 10.0 Å². The third kappa shape index (κ3) is 3.33. The molecule has 26 heavy (non-hydrogen) atoms. The number of hydrogen-bond acceptors (Lipinski definition) is 2. The fourth-order valence-electron chi connectivity index (χ4n) is 3.15. The topological polar surface area (TPSA) is 15.6 Å². The van der Waals surface area contributed by atoms with Gasteiger partial charge in [-0.25, -0.2) is 4.39 Å². The van der Waals surface area contributed by atoms with Crippen LogP contribution >= 0.6 is 23.2 Å². The van der Waals surface area contributed by atoms with Crippen molar-refractivity contribution in [2.24, 2.45) is 5.10 Å². The van der Waals surface area contributed by atoms with E-state index in [2.05, 4.69) is 0 Å². The monoisotopic (exact) mass is 384 g/mol. The molecule has 1 unspecified atom stereocenters. The highest BCUT2D eigenvalue weighted by atomic mass is 35.5. The van der Waals surface area contributed by atoms with Crippen LogP contribution in [0.25, 0.3) is 0 Å². The minimum absolute atomic E-state index is 0.219. The van der Waals surface area contributed by atoms with Crippen LogP contribution in [0, 0.1) is 5.82 Å². The predicted octanol–water partition coefficient (Wildman–Crippen LogP) is 6.49. The van der Waals surface area contributed by atoms with Gasteiger partial charge in [0.15, 0.2) is 0 Å². The van der Waals surface area contributed by atoms with Gasteiger partial charge in [-0.2, -0.15) is 5.10 Å². The lowest BCUT2D eigenvalue weighted by Gasteiger charge is -2.24. The lowest BCUT2D eigenvalue weighted by Crippen LogP contribution is -2.19. The summed E-state index contributed by atoms with van der Waals surface area (Å²) in [4.78, 5) is 0. The summed E-state index contributed by atoms with van der Waals surface area (Å²) in [7, 11) is 0. The van der Waals surface area contributed by atoms with Gasteiger partial charge in [0.2, 0.25) is 0 Å². The molecule has 1 heterocycles. The maximum Gasteiger partial charge on any atom is 0.128 e. The number of benzene rings is 3. The Kier molecular flexibility index (Phi) is 4.66. The molecule has 0 aliphatic carbocycles. The normalized spacial score (nSPS) is 16.7. The van der Waals surface area contributed by atoms with Crippen LogP contribution in [0.1, 0.15) is 23.6 Å². The van der Waals surface area contributed by atoms with E-state index in [0.717, 1.165) is 17.0 Å². The fraction of sp³-hybridized carbons (Fsp3) is 0.0952. The molecule has 0 fully saturated rings. The number of hydrogen-bond donors (Lipinski definition) is 0. The lowest BCUT2D eigenvalue weighted by molar-refractivity contribution is 0.579. The van der Waals surface area contributed by atoms with E-state index in [1.165, 1.54) is 6.07 Å². The fourth-order valence-corrected chi connectivity index (χ4v) is 3.40. The van der Waals surface area contributed by atoms with Gasteiger partial charge in [0, 0.05) is 22.0 Å². The van der Waals surface area contributed by atoms with Crippen LogP contribution in [-0.2, 0) is 0 Å². The Balaban J connectivity index is 1.77. The van der Waals surface area contributed by atoms with Crippen molar-refractivity contribution in [2.75, 3.05) is 5.01 Å². The smallest absolute Gasteiger partial charge is 0.128 e. The van der Waals surface area contributed by atoms with Crippen molar-refractivity contribution in [3.8, 4) is 0 Å². The Morgan fingerprint density at radius 3 is 2.12 bits per heavy atom. The first-order valence-corrected chi connectivity index (χ1v) is 9.00. The number of nitrogens with zero attached hydrogens (tertiary/aromatic N) is 2. The Morgan fingerprint density at radius 2 is 1.46 bits per heavy atom. The first-order valence-electron chi connectivity index (χ1n) is 8.24. The van der Waals surface area contributed by atoms with Crippen molar-refractivity contribution in [1.82, 2.24) is 0 Å². The summed E-state index contributed by atoms with van der Waals surface area (Å²) in [5.41, 5.74) is 3.36. The second-order valence-electron chi connectivity index (χ2n) is 6.12. The van der Waals surface area contributed by atoms with Gasteiger partial charge < -0.3 is 0 Å². The Bertz CT molecular complexity index is 953. The minimum Gasteiger partial charge on any atom is -0.257 e. The highest BCUT2D eigenvalue weighted by molar-refractivity contribution is 6.31. The van der Waals surface area contributed by atoms with Gasteiger partial charge in [0.1, 0.15) is 5.82 Å². The van der Waals surface area contributed by atoms with Crippen molar-refractivity contribution in [3.63, 3.8) is 0 Å². The first kappa shape index (κ1) is 17.1. The number of halogens is 3. The van der Waals surface area contributed by atoms with Crippen molar-refractivity contribution >= 4 is 34.6 Å². The van der Waals surface area contributed by atoms with E-state index >= 15 is 0 Å². The standard InChI is InChI=1S/C21H15Cl2FN2/c22-15-7-5-14(6-8-15)20-13-21(18-3-1-2-4-19(18)24)26(25-20)17-11-9-16(23)10-12-17/h1-12,21H,13H2. The van der Waals surface area contributed by atoms with E-state index in [0.29, 0.717) is 22.0 Å². The molecule has 130 valence electrons. The summed E-state index contributed by atoms with van der Waals surface area (Å²) >= 11 is 12.0. The molecule has 0 amide bonds. The zero-order valence-corrected chi connectivity index (χ0v) is 15.3. The first-order chi connectivity index (χ1) is 12.6. The van der Waals surface area contributed by atoms with E-state index < -0.39 is 0 Å². The summed E-state index contributed by atoms with van der Waals surface area (Å²) in [6.45, 7) is 0. The largest absolute Gasteiger partial charge is 0.257 e. The Hall–Kier alpha value is -2.36. The molecule has 4 rings (SSSR count). The summed E-state index contributed by atoms with van der Waals surface area (Å²) in [6.07, 6.45) is 0.602. The van der Waals surface area contributed by atoms with Gasteiger partial charge in [0.25, 0.3) is 0 Å². The number of hydrazone groups is 1. The summed E-state index contributed by atoms with van der Waals surface area (Å²) < 4.78 is 14.5. The highest BCUT2D eigenvalue weighted by Gasteiger charge is 2.31. The van der Waals surface area contributed by atoms with Crippen LogP contribution in [0.4, 0.5) is 10.1 Å². The molecule has 1 atom stereocenters. The molecule has 0 bridgehead atoms. The molecule has 0 spiro atoms. The molecule has 1 aliphatic rings. The zero-order chi connectivity index (χ0) is 18.1. The summed E-state index contributed by atoms with van der Waals surface area (Å²) in [5, 5.41) is 7.97. The SMILES string of the molecule is Fc1ccccc1C1CC(c2ccc(Cl)cc2)=NN1c1ccc(Cl)cc1. The quantitative estimate of drug-likeness (QED) is 0.503. The van der Waals surface area contributed by atoms with E-state index in [1.807, 2.05) is 65.7 Å². The van der Waals surface area contributed by atoms with Gasteiger partial charge in [-0.1, -0.05) is 53.5 Å². The Morgan fingerprint density at radius 1 is 0.846 bits per heavy atom. The van der Waals surface area contributed by atoms with Gasteiger partial charge in [-0.05, 0) is 48.0 Å². The van der Waals surface area contributed by atoms with Crippen molar-refractivity contribution in [2.45, 2.75) is 12.5 Å². The van der Waals surface area contributed by atoms with Crippen LogP contribution in [0.3, 0.4) is 0 Å². The van der Waals surface area contributed by atoms with Gasteiger partial charge in [0.05, 0.1) is 17.4 Å². The van der Waals surface area contributed by atoms with Crippen LogP contribution in [0.5, 0.6) is 0 Å². The van der Waals surface area contributed by atoms with Crippen LogP contribution in [0.15, 0.2) is 77.9 Å². The molecular weight excluding hydrogens is 370 g/mol. The lowest BCUT2D eigenvalue weighted by atomic mass is 9.98. The Labute approximate surface area is 161 Å². The van der Waals surface area contributed by atoms with E-state index in [-0.39, 0.29) is 11.9 Å². The second kappa shape index (κ2) is 7.10. The average Bonchev–Trinajstić information content (AvgIpc) is 3.08. The molecule has 1 aliphatic heterocycles. The molecule has 0 aromatic heterocycles. The molecule has 0 N–H and O–H groups in total. The third-order valence-electron chi connectivity index (χ3n) is 4.44. The van der Waals surface area contributed by atoms with Crippen molar-refractivity contribution < 1.29 is 4.39 Å². The van der Waals surface area contributed by atoms with Crippen molar-refractivity contribution in [3.05, 3.63) is 99.8 Å². The molecular formula is C21H15Cl2FN2. The molecule has 2 nitrogen and oxygen atoms in total. The summed E-state index contributed by atoms with van der Waals surface area (Å²) in [6, 6.07) is 21.6. The molecule has 0 saturated carbocycles.